The van der Waals surface area contributed by atoms with E-state index in [0.29, 0.717) is 0 Å². The molecule has 0 spiro atoms. The van der Waals surface area contributed by atoms with Crippen molar-refractivity contribution in [3.63, 3.8) is 0 Å². The summed E-state index contributed by atoms with van der Waals surface area (Å²) in [6.45, 7) is 7.12. The fourth-order valence-electron chi connectivity index (χ4n) is 1.88. The third kappa shape index (κ3) is 3.64. The standard InChI is InChI=1S/C15H20FN3/c1-15(2,3)17-9-12-10-19(4)18-14(12)11-5-7-13(16)8-6-11/h5-8,10,17H,9H2,1-4H3. The molecule has 3 nitrogen and oxygen atoms in total. The molecule has 1 aromatic carbocycles. The van der Waals surface area contributed by atoms with Crippen LogP contribution in [0.5, 0.6) is 0 Å². The monoisotopic (exact) mass is 261 g/mol. The van der Waals surface area contributed by atoms with Gasteiger partial charge in [0.25, 0.3) is 0 Å². The van der Waals surface area contributed by atoms with Gasteiger partial charge in [-0.3, -0.25) is 4.68 Å². The average Bonchev–Trinajstić information content (AvgIpc) is 2.68. The molecule has 0 atom stereocenters. The molecular formula is C15H20FN3. The van der Waals surface area contributed by atoms with Gasteiger partial charge in [-0.15, -0.1) is 0 Å². The third-order valence-corrected chi connectivity index (χ3v) is 2.83. The molecule has 0 aliphatic carbocycles. The molecule has 1 N–H and O–H groups in total. The Balaban J connectivity index is 2.28. The number of aromatic nitrogens is 2. The van der Waals surface area contributed by atoms with Crippen LogP contribution in [0.4, 0.5) is 4.39 Å². The summed E-state index contributed by atoms with van der Waals surface area (Å²) in [6.07, 6.45) is 2.00. The summed E-state index contributed by atoms with van der Waals surface area (Å²) < 4.78 is 14.8. The minimum Gasteiger partial charge on any atom is -0.308 e. The van der Waals surface area contributed by atoms with Gasteiger partial charge in [-0.25, -0.2) is 4.39 Å². The molecule has 0 unspecified atom stereocenters. The summed E-state index contributed by atoms with van der Waals surface area (Å²) in [5.41, 5.74) is 3.01. The molecule has 1 heterocycles. The number of nitrogens with zero attached hydrogens (tertiary/aromatic N) is 2. The van der Waals surface area contributed by atoms with Crippen LogP contribution < -0.4 is 5.32 Å². The molecule has 0 radical (unpaired) electrons. The Kier molecular flexibility index (Phi) is 3.71. The molecule has 0 fully saturated rings. The summed E-state index contributed by atoms with van der Waals surface area (Å²) in [4.78, 5) is 0. The molecule has 0 bridgehead atoms. The van der Waals surface area contributed by atoms with Gasteiger partial charge in [0.05, 0.1) is 5.69 Å². The molecular weight excluding hydrogens is 241 g/mol. The first-order valence-electron chi connectivity index (χ1n) is 6.39. The lowest BCUT2D eigenvalue weighted by molar-refractivity contribution is 0.424. The number of aryl methyl sites for hydroxylation is 1. The Morgan fingerprint density at radius 2 is 1.84 bits per heavy atom. The highest BCUT2D eigenvalue weighted by Crippen LogP contribution is 2.22. The van der Waals surface area contributed by atoms with Gasteiger partial charge in [-0.2, -0.15) is 5.10 Å². The minimum absolute atomic E-state index is 0.0515. The van der Waals surface area contributed by atoms with E-state index in [1.54, 1.807) is 16.8 Å². The van der Waals surface area contributed by atoms with Gasteiger partial charge >= 0.3 is 0 Å². The van der Waals surface area contributed by atoms with Crippen LogP contribution >= 0.6 is 0 Å². The Morgan fingerprint density at radius 3 is 2.42 bits per heavy atom. The Hall–Kier alpha value is -1.68. The second kappa shape index (κ2) is 5.13. The van der Waals surface area contributed by atoms with Gasteiger partial charge in [-0.1, -0.05) is 0 Å². The number of rotatable bonds is 3. The molecule has 2 aromatic rings. The van der Waals surface area contributed by atoms with E-state index in [0.717, 1.165) is 23.4 Å². The zero-order valence-electron chi connectivity index (χ0n) is 11.9. The highest BCUT2D eigenvalue weighted by Gasteiger charge is 2.14. The molecule has 0 saturated carbocycles. The number of benzene rings is 1. The van der Waals surface area contributed by atoms with Gasteiger partial charge in [-0.05, 0) is 45.0 Å². The first-order valence-corrected chi connectivity index (χ1v) is 6.39. The van der Waals surface area contributed by atoms with E-state index in [-0.39, 0.29) is 11.4 Å². The summed E-state index contributed by atoms with van der Waals surface area (Å²) in [6, 6.07) is 6.45. The number of hydrogen-bond donors (Lipinski definition) is 1. The summed E-state index contributed by atoms with van der Waals surface area (Å²) in [5.74, 6) is -0.228. The molecule has 0 saturated heterocycles. The van der Waals surface area contributed by atoms with E-state index in [1.807, 2.05) is 13.2 Å². The zero-order valence-corrected chi connectivity index (χ0v) is 11.9. The largest absolute Gasteiger partial charge is 0.308 e. The number of nitrogens with one attached hydrogen (secondary N) is 1. The van der Waals surface area contributed by atoms with Crippen LogP contribution in [0.3, 0.4) is 0 Å². The van der Waals surface area contributed by atoms with Crippen molar-refractivity contribution in [1.82, 2.24) is 15.1 Å². The van der Waals surface area contributed by atoms with E-state index in [1.165, 1.54) is 12.1 Å². The molecule has 4 heteroatoms. The topological polar surface area (TPSA) is 29.9 Å². The maximum absolute atomic E-state index is 13.0. The maximum Gasteiger partial charge on any atom is 0.123 e. The average molecular weight is 261 g/mol. The van der Waals surface area contributed by atoms with Gasteiger partial charge in [0.15, 0.2) is 0 Å². The first-order chi connectivity index (χ1) is 8.85. The van der Waals surface area contributed by atoms with Crippen molar-refractivity contribution in [1.29, 1.82) is 0 Å². The molecule has 1 aromatic heterocycles. The number of hydrogen-bond acceptors (Lipinski definition) is 2. The predicted molar refractivity (Wildman–Crippen MR) is 75.2 cm³/mol. The van der Waals surface area contributed by atoms with Crippen molar-refractivity contribution < 1.29 is 4.39 Å². The third-order valence-electron chi connectivity index (χ3n) is 2.83. The predicted octanol–water partition coefficient (Wildman–Crippen LogP) is 3.11. The lowest BCUT2D eigenvalue weighted by atomic mass is 10.1. The lowest BCUT2D eigenvalue weighted by Crippen LogP contribution is -2.35. The second-order valence-corrected chi connectivity index (χ2v) is 5.79. The van der Waals surface area contributed by atoms with Gasteiger partial charge in [0, 0.05) is 36.5 Å². The zero-order chi connectivity index (χ0) is 14.0. The smallest absolute Gasteiger partial charge is 0.123 e. The van der Waals surface area contributed by atoms with Crippen LogP contribution in [-0.4, -0.2) is 15.3 Å². The van der Waals surface area contributed by atoms with E-state index < -0.39 is 0 Å². The van der Waals surface area contributed by atoms with Crippen molar-refractivity contribution in [2.75, 3.05) is 0 Å². The van der Waals surface area contributed by atoms with E-state index in [2.05, 4.69) is 31.2 Å². The molecule has 0 aliphatic heterocycles. The molecule has 102 valence electrons. The minimum atomic E-state index is -0.228. The Morgan fingerprint density at radius 1 is 1.21 bits per heavy atom. The normalized spacial score (nSPS) is 11.8. The van der Waals surface area contributed by atoms with Gasteiger partial charge in [0.1, 0.15) is 5.82 Å². The van der Waals surface area contributed by atoms with E-state index in [4.69, 9.17) is 0 Å². The van der Waals surface area contributed by atoms with Crippen molar-refractivity contribution in [3.8, 4) is 11.3 Å². The molecule has 19 heavy (non-hydrogen) atoms. The maximum atomic E-state index is 13.0. The van der Waals surface area contributed by atoms with Crippen molar-refractivity contribution in [2.24, 2.45) is 7.05 Å². The fourth-order valence-corrected chi connectivity index (χ4v) is 1.88. The van der Waals surface area contributed by atoms with Crippen LogP contribution in [-0.2, 0) is 13.6 Å². The van der Waals surface area contributed by atoms with Gasteiger partial charge < -0.3 is 5.32 Å². The summed E-state index contributed by atoms with van der Waals surface area (Å²) in [7, 11) is 1.90. The first kappa shape index (κ1) is 13.7. The molecule has 2 rings (SSSR count). The number of halogens is 1. The fraction of sp³-hybridized carbons (Fsp3) is 0.400. The Labute approximate surface area is 113 Å². The highest BCUT2D eigenvalue weighted by molar-refractivity contribution is 5.62. The van der Waals surface area contributed by atoms with E-state index >= 15 is 0 Å². The summed E-state index contributed by atoms with van der Waals surface area (Å²) >= 11 is 0. The van der Waals surface area contributed by atoms with E-state index in [9.17, 15) is 4.39 Å². The highest BCUT2D eigenvalue weighted by atomic mass is 19.1. The van der Waals surface area contributed by atoms with Crippen molar-refractivity contribution in [3.05, 3.63) is 41.8 Å². The van der Waals surface area contributed by atoms with Crippen LogP contribution in [0.15, 0.2) is 30.5 Å². The summed E-state index contributed by atoms with van der Waals surface area (Å²) in [5, 5.41) is 7.91. The lowest BCUT2D eigenvalue weighted by Gasteiger charge is -2.20. The van der Waals surface area contributed by atoms with Crippen LogP contribution in [0.1, 0.15) is 26.3 Å². The van der Waals surface area contributed by atoms with Crippen molar-refractivity contribution >= 4 is 0 Å². The quantitative estimate of drug-likeness (QED) is 0.920. The van der Waals surface area contributed by atoms with Crippen molar-refractivity contribution in [2.45, 2.75) is 32.9 Å². The van der Waals surface area contributed by atoms with Crippen LogP contribution in [0, 0.1) is 5.82 Å². The molecule has 0 aliphatic rings. The Bertz CT molecular complexity index is 550. The van der Waals surface area contributed by atoms with Crippen LogP contribution in [0.2, 0.25) is 0 Å². The van der Waals surface area contributed by atoms with Crippen LogP contribution in [0.25, 0.3) is 11.3 Å². The SMILES string of the molecule is Cn1cc(CNC(C)(C)C)c(-c2ccc(F)cc2)n1. The van der Waals surface area contributed by atoms with Gasteiger partial charge in [0.2, 0.25) is 0 Å². The second-order valence-electron chi connectivity index (χ2n) is 5.79. The molecule has 0 amide bonds.